The van der Waals surface area contributed by atoms with Gasteiger partial charge in [-0.15, -0.1) is 11.6 Å². The number of hydrogen-bond acceptors (Lipinski definition) is 1. The molecule has 0 aliphatic rings. The summed E-state index contributed by atoms with van der Waals surface area (Å²) in [5.41, 5.74) is 1.35. The van der Waals surface area contributed by atoms with Crippen LogP contribution in [0.2, 0.25) is 0 Å². The van der Waals surface area contributed by atoms with E-state index in [2.05, 4.69) is 27.6 Å². The monoisotopic (exact) mass is 418 g/mol. The Hall–Kier alpha value is -1.21. The third-order valence-corrected chi connectivity index (χ3v) is 4.29. The van der Waals surface area contributed by atoms with Gasteiger partial charge in [-0.2, -0.15) is 0 Å². The van der Waals surface area contributed by atoms with Gasteiger partial charge in [-0.25, -0.2) is 13.8 Å². The lowest BCUT2D eigenvalue weighted by Gasteiger charge is -2.11. The minimum atomic E-state index is -0.888. The van der Waals surface area contributed by atoms with Gasteiger partial charge in [0.05, 0.1) is 11.2 Å². The van der Waals surface area contributed by atoms with E-state index >= 15 is 0 Å². The average Bonchev–Trinajstić information content (AvgIpc) is 2.83. The van der Waals surface area contributed by atoms with Crippen LogP contribution < -0.4 is 0 Å². The van der Waals surface area contributed by atoms with Gasteiger partial charge in [0.1, 0.15) is 11.3 Å². The first-order valence-electron chi connectivity index (χ1n) is 6.29. The van der Waals surface area contributed by atoms with Gasteiger partial charge in [-0.05, 0) is 46.9 Å². The van der Waals surface area contributed by atoms with Gasteiger partial charge >= 0.3 is 0 Å². The zero-order valence-electron chi connectivity index (χ0n) is 10.8. The molecule has 2 nitrogen and oxygen atoms in total. The molecular formula is C15H10ClF2IN2. The van der Waals surface area contributed by atoms with Gasteiger partial charge in [0.25, 0.3) is 0 Å². The fourth-order valence-corrected chi connectivity index (χ4v) is 3.09. The van der Waals surface area contributed by atoms with Crippen LogP contribution in [-0.4, -0.2) is 15.4 Å². The number of benzene rings is 2. The van der Waals surface area contributed by atoms with E-state index in [0.717, 1.165) is 15.3 Å². The Labute approximate surface area is 138 Å². The summed E-state index contributed by atoms with van der Waals surface area (Å²) >= 11 is 7.97. The van der Waals surface area contributed by atoms with Crippen LogP contribution in [0.4, 0.5) is 8.78 Å². The molecule has 0 spiro atoms. The van der Waals surface area contributed by atoms with Gasteiger partial charge in [0, 0.05) is 15.9 Å². The number of hydrogen-bond donors (Lipinski definition) is 0. The Kier molecular flexibility index (Phi) is 4.12. The molecule has 3 aromatic rings. The Bertz CT molecular complexity index is 817. The van der Waals surface area contributed by atoms with Crippen LogP contribution in [0, 0.1) is 15.2 Å². The third-order valence-electron chi connectivity index (χ3n) is 3.19. The quantitative estimate of drug-likeness (QED) is 0.446. The number of aryl methyl sites for hydroxylation is 1. The molecule has 0 amide bonds. The summed E-state index contributed by atoms with van der Waals surface area (Å²) in [6.07, 6.45) is 0.474. The molecule has 0 atom stereocenters. The lowest BCUT2D eigenvalue weighted by molar-refractivity contribution is 0.514. The van der Waals surface area contributed by atoms with E-state index < -0.39 is 11.6 Å². The maximum atomic E-state index is 14.3. The highest BCUT2D eigenvalue weighted by molar-refractivity contribution is 14.1. The first kappa shape index (κ1) is 14.7. The molecule has 0 aliphatic heterocycles. The Morgan fingerprint density at radius 2 is 1.90 bits per heavy atom. The number of para-hydroxylation sites is 1. The molecule has 1 aromatic heterocycles. The van der Waals surface area contributed by atoms with Crippen LogP contribution in [0.3, 0.4) is 0 Å². The van der Waals surface area contributed by atoms with Crippen LogP contribution in [-0.2, 0) is 6.42 Å². The lowest BCUT2D eigenvalue weighted by atomic mass is 10.2. The summed E-state index contributed by atoms with van der Waals surface area (Å²) in [5, 5.41) is 0. The Balaban J connectivity index is 2.40. The smallest absolute Gasteiger partial charge is 0.185 e. The van der Waals surface area contributed by atoms with Crippen molar-refractivity contribution in [1.29, 1.82) is 0 Å². The molecule has 0 N–H and O–H groups in total. The van der Waals surface area contributed by atoms with Crippen molar-refractivity contribution in [2.75, 3.05) is 5.88 Å². The van der Waals surface area contributed by atoms with Crippen molar-refractivity contribution in [2.45, 2.75) is 6.42 Å². The predicted molar refractivity (Wildman–Crippen MR) is 88.1 cm³/mol. The second-order valence-corrected chi connectivity index (χ2v) is 6.02. The minimum absolute atomic E-state index is 0.152. The number of aromatic nitrogens is 2. The van der Waals surface area contributed by atoms with Gasteiger partial charge in [-0.1, -0.05) is 12.1 Å². The van der Waals surface area contributed by atoms with Crippen LogP contribution in [0.5, 0.6) is 0 Å². The molecule has 0 saturated carbocycles. The molecule has 6 heteroatoms. The summed E-state index contributed by atoms with van der Waals surface area (Å²) in [6, 6.07) is 10.1. The number of alkyl halides is 1. The molecule has 0 saturated heterocycles. The highest BCUT2D eigenvalue weighted by Crippen LogP contribution is 2.28. The van der Waals surface area contributed by atoms with Crippen LogP contribution >= 0.6 is 34.2 Å². The molecule has 0 unspecified atom stereocenters. The standard InChI is InChI=1S/C15H10ClF2IN2/c16-8-7-13-20-11-6-5-9(17)14(18)15(11)21(13)12-4-2-1-3-10(12)19/h1-6H,7-8H2. The van der Waals surface area contributed by atoms with Crippen molar-refractivity contribution in [1.82, 2.24) is 9.55 Å². The SMILES string of the molecule is Fc1ccc2nc(CCCl)n(-c3ccccc3I)c2c1F. The third kappa shape index (κ3) is 2.53. The number of rotatable bonds is 3. The molecule has 3 rings (SSSR count). The summed E-state index contributed by atoms with van der Waals surface area (Å²) in [6.45, 7) is 0. The largest absolute Gasteiger partial charge is 0.292 e. The number of imidazole rings is 1. The van der Waals surface area contributed by atoms with Gasteiger partial charge in [0.2, 0.25) is 0 Å². The van der Waals surface area contributed by atoms with E-state index in [1.54, 1.807) is 4.57 Å². The van der Waals surface area contributed by atoms with E-state index in [1.807, 2.05) is 24.3 Å². The van der Waals surface area contributed by atoms with Crippen LogP contribution in [0.25, 0.3) is 16.7 Å². The first-order valence-corrected chi connectivity index (χ1v) is 7.91. The summed E-state index contributed by atoms with van der Waals surface area (Å²) in [4.78, 5) is 4.39. The van der Waals surface area contributed by atoms with E-state index in [-0.39, 0.29) is 5.52 Å². The minimum Gasteiger partial charge on any atom is -0.292 e. The van der Waals surface area contributed by atoms with Crippen molar-refractivity contribution < 1.29 is 8.78 Å². The summed E-state index contributed by atoms with van der Waals surface area (Å²) in [5.74, 6) is -0.794. The normalized spacial score (nSPS) is 11.2. The zero-order valence-corrected chi connectivity index (χ0v) is 13.7. The molecule has 2 aromatic carbocycles. The van der Waals surface area contributed by atoms with Gasteiger partial charge < -0.3 is 0 Å². The number of nitrogens with zero attached hydrogens (tertiary/aromatic N) is 2. The summed E-state index contributed by atoms with van der Waals surface area (Å²) < 4.78 is 30.4. The molecule has 108 valence electrons. The topological polar surface area (TPSA) is 17.8 Å². The highest BCUT2D eigenvalue weighted by atomic mass is 127. The Morgan fingerprint density at radius 3 is 2.62 bits per heavy atom. The van der Waals surface area contributed by atoms with Crippen molar-refractivity contribution in [3.8, 4) is 5.69 Å². The molecule has 1 heterocycles. The van der Waals surface area contributed by atoms with Gasteiger partial charge in [0.15, 0.2) is 11.6 Å². The first-order chi connectivity index (χ1) is 10.1. The van der Waals surface area contributed by atoms with Crippen molar-refractivity contribution in [3.05, 3.63) is 57.4 Å². The summed E-state index contributed by atoms with van der Waals surface area (Å²) in [7, 11) is 0. The second kappa shape index (κ2) is 5.88. The maximum absolute atomic E-state index is 14.3. The van der Waals surface area contributed by atoms with Crippen LogP contribution in [0.1, 0.15) is 5.82 Å². The molecule has 0 aliphatic carbocycles. The lowest BCUT2D eigenvalue weighted by Crippen LogP contribution is -2.05. The average molecular weight is 419 g/mol. The van der Waals surface area contributed by atoms with Crippen molar-refractivity contribution in [3.63, 3.8) is 0 Å². The fraction of sp³-hybridized carbons (Fsp3) is 0.133. The Morgan fingerprint density at radius 1 is 1.14 bits per heavy atom. The van der Waals surface area contributed by atoms with E-state index in [0.29, 0.717) is 23.6 Å². The van der Waals surface area contributed by atoms with Gasteiger partial charge in [-0.3, -0.25) is 4.57 Å². The zero-order chi connectivity index (χ0) is 15.0. The van der Waals surface area contributed by atoms with Crippen LogP contribution in [0.15, 0.2) is 36.4 Å². The molecule has 0 radical (unpaired) electrons. The maximum Gasteiger partial charge on any atom is 0.185 e. The molecule has 0 bridgehead atoms. The van der Waals surface area contributed by atoms with E-state index in [9.17, 15) is 8.78 Å². The molecule has 0 fully saturated rings. The molecule has 21 heavy (non-hydrogen) atoms. The predicted octanol–water partition coefficient (Wildman–Crippen LogP) is 4.69. The number of fused-ring (bicyclic) bond motifs is 1. The van der Waals surface area contributed by atoms with E-state index in [4.69, 9.17) is 11.6 Å². The van der Waals surface area contributed by atoms with E-state index in [1.165, 1.54) is 6.07 Å². The van der Waals surface area contributed by atoms with Crippen molar-refractivity contribution in [2.24, 2.45) is 0 Å². The highest BCUT2D eigenvalue weighted by Gasteiger charge is 2.19. The van der Waals surface area contributed by atoms with Crippen molar-refractivity contribution >= 4 is 45.2 Å². The number of halogens is 4. The molecular weight excluding hydrogens is 409 g/mol. The fourth-order valence-electron chi connectivity index (χ4n) is 2.30. The second-order valence-electron chi connectivity index (χ2n) is 4.48.